The van der Waals surface area contributed by atoms with Crippen molar-refractivity contribution in [3.05, 3.63) is 0 Å². The van der Waals surface area contributed by atoms with Crippen LogP contribution in [0, 0.1) is 5.92 Å². The Kier molecular flexibility index (Phi) is 7.49. The Balaban J connectivity index is 1.91. The molecule has 1 fully saturated rings. The minimum absolute atomic E-state index is 0.987. The lowest BCUT2D eigenvalue weighted by atomic mass is 10.1. The van der Waals surface area contributed by atoms with E-state index in [4.69, 9.17) is 0 Å². The topological polar surface area (TPSA) is 15.3 Å². The molecule has 3 heteroatoms. The Labute approximate surface area is 99.2 Å². The third-order valence-electron chi connectivity index (χ3n) is 3.20. The van der Waals surface area contributed by atoms with Crippen LogP contribution in [0.15, 0.2) is 0 Å². The zero-order valence-corrected chi connectivity index (χ0v) is 11.1. The van der Waals surface area contributed by atoms with E-state index in [1.807, 2.05) is 11.8 Å². The van der Waals surface area contributed by atoms with Gasteiger partial charge in [-0.25, -0.2) is 0 Å². The van der Waals surface area contributed by atoms with Gasteiger partial charge in [0.05, 0.1) is 0 Å². The summed E-state index contributed by atoms with van der Waals surface area (Å²) in [6.07, 6.45) is 8.01. The van der Waals surface area contributed by atoms with Gasteiger partial charge < -0.3 is 10.2 Å². The molecular weight excluding hydrogens is 204 g/mol. The van der Waals surface area contributed by atoms with Crippen molar-refractivity contribution in [3.63, 3.8) is 0 Å². The number of nitrogens with one attached hydrogen (secondary N) is 1. The SMILES string of the molecule is CSCCNCCN(C)CC1CCCC1. The molecule has 1 rings (SSSR count). The van der Waals surface area contributed by atoms with Crippen LogP contribution in [0.3, 0.4) is 0 Å². The monoisotopic (exact) mass is 230 g/mol. The molecule has 0 heterocycles. The van der Waals surface area contributed by atoms with Crippen molar-refractivity contribution in [1.29, 1.82) is 0 Å². The number of hydrogen-bond donors (Lipinski definition) is 1. The number of nitrogens with zero attached hydrogens (tertiary/aromatic N) is 1. The first-order valence-corrected chi connectivity index (χ1v) is 7.60. The average Bonchev–Trinajstić information content (AvgIpc) is 2.70. The molecule has 0 aromatic heterocycles. The third-order valence-corrected chi connectivity index (χ3v) is 3.81. The van der Waals surface area contributed by atoms with Gasteiger partial charge in [-0.3, -0.25) is 0 Å². The number of thioether (sulfide) groups is 1. The molecule has 0 unspecified atom stereocenters. The van der Waals surface area contributed by atoms with Gasteiger partial charge in [0.1, 0.15) is 0 Å². The molecule has 0 aliphatic heterocycles. The van der Waals surface area contributed by atoms with Crippen molar-refractivity contribution >= 4 is 11.8 Å². The number of likely N-dealkylation sites (N-methyl/N-ethyl adjacent to an activating group) is 1. The van der Waals surface area contributed by atoms with Crippen molar-refractivity contribution in [2.45, 2.75) is 25.7 Å². The summed E-state index contributed by atoms with van der Waals surface area (Å²) in [6, 6.07) is 0. The van der Waals surface area contributed by atoms with Crippen LogP contribution < -0.4 is 5.32 Å². The maximum Gasteiger partial charge on any atom is 0.0104 e. The maximum absolute atomic E-state index is 3.48. The summed E-state index contributed by atoms with van der Waals surface area (Å²) in [6.45, 7) is 4.80. The summed E-state index contributed by atoms with van der Waals surface area (Å²) in [5, 5.41) is 3.48. The maximum atomic E-state index is 3.48. The first kappa shape index (κ1) is 13.3. The number of rotatable bonds is 8. The van der Waals surface area contributed by atoms with Crippen LogP contribution in [0.25, 0.3) is 0 Å². The lowest BCUT2D eigenvalue weighted by Crippen LogP contribution is -2.33. The van der Waals surface area contributed by atoms with E-state index in [1.165, 1.54) is 44.5 Å². The van der Waals surface area contributed by atoms with E-state index in [0.717, 1.165) is 19.0 Å². The standard InChI is InChI=1S/C12H26N2S/c1-14(9-7-13-8-10-15-2)11-12-5-3-4-6-12/h12-13H,3-11H2,1-2H3. The van der Waals surface area contributed by atoms with Gasteiger partial charge in [0.15, 0.2) is 0 Å². The van der Waals surface area contributed by atoms with Crippen LogP contribution in [0.5, 0.6) is 0 Å². The number of hydrogen-bond acceptors (Lipinski definition) is 3. The van der Waals surface area contributed by atoms with Crippen molar-refractivity contribution < 1.29 is 0 Å². The molecule has 0 saturated heterocycles. The van der Waals surface area contributed by atoms with E-state index in [2.05, 4.69) is 23.5 Å². The summed E-state index contributed by atoms with van der Waals surface area (Å²) in [4.78, 5) is 2.49. The van der Waals surface area contributed by atoms with E-state index < -0.39 is 0 Å². The normalized spacial score (nSPS) is 17.8. The Morgan fingerprint density at radius 3 is 2.67 bits per heavy atom. The smallest absolute Gasteiger partial charge is 0.0104 e. The Bertz CT molecular complexity index is 147. The molecule has 0 radical (unpaired) electrons. The highest BCUT2D eigenvalue weighted by atomic mass is 32.2. The first-order valence-electron chi connectivity index (χ1n) is 6.21. The molecule has 0 spiro atoms. The van der Waals surface area contributed by atoms with Crippen molar-refractivity contribution in [2.24, 2.45) is 5.92 Å². The highest BCUT2D eigenvalue weighted by molar-refractivity contribution is 7.98. The van der Waals surface area contributed by atoms with Crippen LogP contribution in [0.1, 0.15) is 25.7 Å². The van der Waals surface area contributed by atoms with Gasteiger partial charge >= 0.3 is 0 Å². The second kappa shape index (κ2) is 8.43. The summed E-state index contributed by atoms with van der Waals surface area (Å²) < 4.78 is 0. The highest BCUT2D eigenvalue weighted by Gasteiger charge is 2.16. The zero-order valence-electron chi connectivity index (χ0n) is 10.3. The second-order valence-corrected chi connectivity index (χ2v) is 5.64. The molecule has 1 aliphatic carbocycles. The summed E-state index contributed by atoms with van der Waals surface area (Å²) in [7, 11) is 2.26. The predicted octanol–water partition coefficient (Wildman–Crippen LogP) is 2.06. The van der Waals surface area contributed by atoms with Gasteiger partial charge in [-0.1, -0.05) is 12.8 Å². The molecule has 15 heavy (non-hydrogen) atoms. The lowest BCUT2D eigenvalue weighted by molar-refractivity contribution is 0.278. The van der Waals surface area contributed by atoms with Gasteiger partial charge in [-0.2, -0.15) is 11.8 Å². The molecule has 0 atom stereocenters. The van der Waals surface area contributed by atoms with E-state index >= 15 is 0 Å². The van der Waals surface area contributed by atoms with Gasteiger partial charge in [0.25, 0.3) is 0 Å². The molecule has 90 valence electrons. The Morgan fingerprint density at radius 1 is 1.27 bits per heavy atom. The van der Waals surface area contributed by atoms with Gasteiger partial charge in [0, 0.05) is 31.9 Å². The van der Waals surface area contributed by atoms with Crippen molar-refractivity contribution in [1.82, 2.24) is 10.2 Å². The molecule has 2 nitrogen and oxygen atoms in total. The fourth-order valence-corrected chi connectivity index (χ4v) is 2.64. The molecule has 1 N–H and O–H groups in total. The summed E-state index contributed by atoms with van der Waals surface area (Å²) >= 11 is 1.91. The van der Waals surface area contributed by atoms with Gasteiger partial charge in [-0.05, 0) is 32.1 Å². The molecule has 0 amide bonds. The fourth-order valence-electron chi connectivity index (χ4n) is 2.29. The van der Waals surface area contributed by atoms with E-state index in [-0.39, 0.29) is 0 Å². The zero-order chi connectivity index (χ0) is 10.9. The van der Waals surface area contributed by atoms with E-state index in [9.17, 15) is 0 Å². The second-order valence-electron chi connectivity index (χ2n) is 4.66. The van der Waals surface area contributed by atoms with Crippen molar-refractivity contribution in [2.75, 3.05) is 45.2 Å². The van der Waals surface area contributed by atoms with Gasteiger partial charge in [-0.15, -0.1) is 0 Å². The molecule has 0 bridgehead atoms. The highest BCUT2D eigenvalue weighted by Crippen LogP contribution is 2.24. The Hall–Kier alpha value is 0.270. The van der Waals surface area contributed by atoms with Crippen LogP contribution in [0.2, 0.25) is 0 Å². The van der Waals surface area contributed by atoms with Crippen LogP contribution >= 0.6 is 11.8 Å². The molecule has 0 aromatic rings. The minimum atomic E-state index is 0.987. The summed E-state index contributed by atoms with van der Waals surface area (Å²) in [5.41, 5.74) is 0. The van der Waals surface area contributed by atoms with Crippen molar-refractivity contribution in [3.8, 4) is 0 Å². The van der Waals surface area contributed by atoms with Crippen LogP contribution in [0.4, 0.5) is 0 Å². The molecule has 1 saturated carbocycles. The first-order chi connectivity index (χ1) is 7.33. The van der Waals surface area contributed by atoms with Crippen LogP contribution in [-0.4, -0.2) is 50.1 Å². The quantitative estimate of drug-likeness (QED) is 0.643. The van der Waals surface area contributed by atoms with E-state index in [0.29, 0.717) is 0 Å². The minimum Gasteiger partial charge on any atom is -0.315 e. The predicted molar refractivity (Wildman–Crippen MR) is 70.7 cm³/mol. The van der Waals surface area contributed by atoms with E-state index in [1.54, 1.807) is 0 Å². The molecule has 0 aromatic carbocycles. The third kappa shape index (κ3) is 6.44. The molecular formula is C12H26N2S. The summed E-state index contributed by atoms with van der Waals surface area (Å²) in [5.74, 6) is 2.22. The molecule has 1 aliphatic rings. The largest absolute Gasteiger partial charge is 0.315 e. The average molecular weight is 230 g/mol. The lowest BCUT2D eigenvalue weighted by Gasteiger charge is -2.20. The van der Waals surface area contributed by atoms with Crippen LogP contribution in [-0.2, 0) is 0 Å². The van der Waals surface area contributed by atoms with Gasteiger partial charge in [0.2, 0.25) is 0 Å². The Morgan fingerprint density at radius 2 is 2.00 bits per heavy atom. The fraction of sp³-hybridized carbons (Fsp3) is 1.00.